The summed E-state index contributed by atoms with van der Waals surface area (Å²) < 4.78 is 1.23. The van der Waals surface area contributed by atoms with Crippen LogP contribution in [-0.2, 0) is 12.8 Å². The van der Waals surface area contributed by atoms with Gasteiger partial charge in [-0.05, 0) is 37.5 Å². The van der Waals surface area contributed by atoms with E-state index in [-0.39, 0.29) is 0 Å². The van der Waals surface area contributed by atoms with Crippen molar-refractivity contribution in [2.45, 2.75) is 30.8 Å². The molecule has 0 bridgehead atoms. The summed E-state index contributed by atoms with van der Waals surface area (Å²) in [6.45, 7) is 1.73. The van der Waals surface area contributed by atoms with Crippen molar-refractivity contribution in [2.24, 2.45) is 0 Å². The Morgan fingerprint density at radius 1 is 1.32 bits per heavy atom. The molecule has 102 valence electrons. The molecule has 1 aliphatic carbocycles. The van der Waals surface area contributed by atoms with Crippen LogP contribution < -0.4 is 11.1 Å². The minimum Gasteiger partial charge on any atom is -0.363 e. The number of thiophene rings is 1. The second-order valence-electron chi connectivity index (χ2n) is 4.73. The number of fused-ring (bicyclic) bond motifs is 3. The number of nitrogens with zero attached hydrogens (tertiary/aromatic N) is 2. The number of thioether (sulfide) groups is 1. The highest BCUT2D eigenvalue weighted by Gasteiger charge is 2.20. The lowest BCUT2D eigenvalue weighted by Crippen LogP contribution is -2.53. The molecule has 2 aromatic heterocycles. The largest absolute Gasteiger partial charge is 0.363 e. The number of hydrogen-bond donors (Lipinski definition) is 2. The predicted molar refractivity (Wildman–Crippen MR) is 82.1 cm³/mol. The van der Waals surface area contributed by atoms with Crippen LogP contribution in [0.4, 0.5) is 5.82 Å². The smallest absolute Gasteiger partial charge is 0.189 e. The van der Waals surface area contributed by atoms with Crippen molar-refractivity contribution in [1.82, 2.24) is 9.97 Å². The predicted octanol–water partition coefficient (Wildman–Crippen LogP) is 1.95. The zero-order valence-corrected chi connectivity index (χ0v) is 12.8. The van der Waals surface area contributed by atoms with Gasteiger partial charge in [0.2, 0.25) is 0 Å². The van der Waals surface area contributed by atoms with Crippen LogP contribution in [0.2, 0.25) is 0 Å². The van der Waals surface area contributed by atoms with Crippen LogP contribution in [0.3, 0.4) is 0 Å². The van der Waals surface area contributed by atoms with E-state index in [2.05, 4.69) is 16.0 Å². The third kappa shape index (κ3) is 2.44. The molecular formula is C13H19N4S2+. The standard InChI is InChI=1S/C13H18N4S2/c1-18-13-16-10-8-4-2-3-5-9(8)19-11(10)12(17-13)15-7-6-14/h2-7,14H2,1H3,(H,15,16,17)/p+1. The summed E-state index contributed by atoms with van der Waals surface area (Å²) in [5.74, 6) is 0.998. The minimum atomic E-state index is 0.864. The van der Waals surface area contributed by atoms with E-state index in [9.17, 15) is 0 Å². The minimum absolute atomic E-state index is 0.864. The summed E-state index contributed by atoms with van der Waals surface area (Å²) in [5, 5.41) is 4.27. The lowest BCUT2D eigenvalue weighted by Gasteiger charge is -2.10. The van der Waals surface area contributed by atoms with Gasteiger partial charge in [0.1, 0.15) is 5.82 Å². The SMILES string of the molecule is CSc1nc(NCC[NH3+])c2sc3c(c2n1)CCCC3. The molecule has 0 unspecified atom stereocenters. The molecule has 0 fully saturated rings. The Morgan fingerprint density at radius 3 is 2.95 bits per heavy atom. The second-order valence-corrected chi connectivity index (χ2v) is 6.61. The lowest BCUT2D eigenvalue weighted by atomic mass is 9.98. The monoisotopic (exact) mass is 295 g/mol. The summed E-state index contributed by atoms with van der Waals surface area (Å²) >= 11 is 3.49. The number of aromatic nitrogens is 2. The molecule has 4 N–H and O–H groups in total. The maximum absolute atomic E-state index is 4.74. The van der Waals surface area contributed by atoms with Gasteiger partial charge in [-0.3, -0.25) is 0 Å². The molecule has 1 aliphatic rings. The third-order valence-electron chi connectivity index (χ3n) is 3.43. The van der Waals surface area contributed by atoms with E-state index >= 15 is 0 Å². The zero-order valence-electron chi connectivity index (χ0n) is 11.2. The number of aryl methyl sites for hydroxylation is 2. The molecule has 0 saturated heterocycles. The molecule has 0 saturated carbocycles. The number of rotatable bonds is 4. The van der Waals surface area contributed by atoms with Gasteiger partial charge >= 0.3 is 0 Å². The van der Waals surface area contributed by atoms with Crippen molar-refractivity contribution in [1.29, 1.82) is 0 Å². The maximum Gasteiger partial charge on any atom is 0.189 e. The molecule has 3 rings (SSSR count). The molecule has 2 aromatic rings. The molecule has 0 amide bonds. The first-order valence-corrected chi connectivity index (χ1v) is 8.77. The first-order valence-electron chi connectivity index (χ1n) is 6.73. The van der Waals surface area contributed by atoms with Crippen molar-refractivity contribution in [2.75, 3.05) is 24.7 Å². The number of anilines is 1. The van der Waals surface area contributed by atoms with Crippen molar-refractivity contribution < 1.29 is 5.73 Å². The van der Waals surface area contributed by atoms with E-state index in [1.807, 2.05) is 17.6 Å². The summed E-state index contributed by atoms with van der Waals surface area (Å²) in [6, 6.07) is 0. The molecule has 4 nitrogen and oxygen atoms in total. The molecule has 0 aromatic carbocycles. The molecule has 19 heavy (non-hydrogen) atoms. The van der Waals surface area contributed by atoms with Crippen molar-refractivity contribution in [3.63, 3.8) is 0 Å². The number of nitrogens with one attached hydrogen (secondary N) is 1. The second kappa shape index (κ2) is 5.64. The summed E-state index contributed by atoms with van der Waals surface area (Å²) in [7, 11) is 0. The highest BCUT2D eigenvalue weighted by Crippen LogP contribution is 2.39. The fourth-order valence-electron chi connectivity index (χ4n) is 2.51. The van der Waals surface area contributed by atoms with Gasteiger partial charge in [-0.1, -0.05) is 11.8 Å². The summed E-state index contributed by atoms with van der Waals surface area (Å²) in [4.78, 5) is 10.9. The van der Waals surface area contributed by atoms with E-state index < -0.39 is 0 Å². The van der Waals surface area contributed by atoms with Crippen molar-refractivity contribution >= 4 is 39.1 Å². The fraction of sp³-hybridized carbons (Fsp3) is 0.538. The van der Waals surface area contributed by atoms with Crippen LogP contribution in [-0.4, -0.2) is 29.3 Å². The highest BCUT2D eigenvalue weighted by atomic mass is 32.2. The Labute approximate surface area is 121 Å². The summed E-state index contributed by atoms with van der Waals surface area (Å²) in [5.41, 5.74) is 6.54. The van der Waals surface area contributed by atoms with Gasteiger partial charge in [-0.15, -0.1) is 11.3 Å². The van der Waals surface area contributed by atoms with Crippen LogP contribution in [0.25, 0.3) is 10.2 Å². The van der Waals surface area contributed by atoms with Crippen molar-refractivity contribution in [3.8, 4) is 0 Å². The van der Waals surface area contributed by atoms with E-state index in [1.54, 1.807) is 11.8 Å². The van der Waals surface area contributed by atoms with Crippen LogP contribution in [0.15, 0.2) is 5.16 Å². The van der Waals surface area contributed by atoms with E-state index in [0.29, 0.717) is 0 Å². The van der Waals surface area contributed by atoms with Crippen molar-refractivity contribution in [3.05, 3.63) is 10.4 Å². The van der Waals surface area contributed by atoms with Gasteiger partial charge in [0.25, 0.3) is 0 Å². The fourth-order valence-corrected chi connectivity index (χ4v) is 4.17. The molecule has 6 heteroatoms. The highest BCUT2D eigenvalue weighted by molar-refractivity contribution is 7.98. The quantitative estimate of drug-likeness (QED) is 0.668. The molecule has 2 heterocycles. The summed E-state index contributed by atoms with van der Waals surface area (Å²) in [6.07, 6.45) is 7.02. The van der Waals surface area contributed by atoms with Gasteiger partial charge in [0.05, 0.1) is 23.3 Å². The molecule has 0 spiro atoms. The Kier molecular flexibility index (Phi) is 3.91. The number of quaternary nitrogens is 1. The van der Waals surface area contributed by atoms with E-state index in [0.717, 1.165) is 24.1 Å². The van der Waals surface area contributed by atoms with Gasteiger partial charge in [-0.2, -0.15) is 0 Å². The molecule has 0 aliphatic heterocycles. The van der Waals surface area contributed by atoms with E-state index in [1.165, 1.54) is 46.3 Å². The third-order valence-corrected chi connectivity index (χ3v) is 5.26. The van der Waals surface area contributed by atoms with Crippen LogP contribution in [0, 0.1) is 0 Å². The normalized spacial score (nSPS) is 14.6. The van der Waals surface area contributed by atoms with Gasteiger partial charge in [-0.25, -0.2) is 9.97 Å². The topological polar surface area (TPSA) is 65.5 Å². The Balaban J connectivity index is 2.14. The van der Waals surface area contributed by atoms with Crippen LogP contribution in [0.5, 0.6) is 0 Å². The first kappa shape index (κ1) is 13.1. The van der Waals surface area contributed by atoms with Crippen LogP contribution >= 0.6 is 23.1 Å². The maximum atomic E-state index is 4.74. The van der Waals surface area contributed by atoms with Gasteiger partial charge in [0.15, 0.2) is 5.16 Å². The average Bonchev–Trinajstić information content (AvgIpc) is 2.83. The lowest BCUT2D eigenvalue weighted by molar-refractivity contribution is -0.362. The average molecular weight is 295 g/mol. The first-order chi connectivity index (χ1) is 9.33. The molecule has 0 radical (unpaired) electrons. The molecular weight excluding hydrogens is 276 g/mol. The zero-order chi connectivity index (χ0) is 13.2. The number of hydrogen-bond acceptors (Lipinski definition) is 5. The Bertz CT molecular complexity index is 594. The van der Waals surface area contributed by atoms with Gasteiger partial charge in [0, 0.05) is 4.88 Å². The Morgan fingerprint density at radius 2 is 2.16 bits per heavy atom. The Hall–Kier alpha value is -0.850. The van der Waals surface area contributed by atoms with Gasteiger partial charge < -0.3 is 11.1 Å². The van der Waals surface area contributed by atoms with Crippen LogP contribution in [0.1, 0.15) is 23.3 Å². The van der Waals surface area contributed by atoms with E-state index in [4.69, 9.17) is 4.98 Å². The molecule has 0 atom stereocenters.